The maximum absolute atomic E-state index is 11.2. The normalized spacial score (nSPS) is 19.3. The van der Waals surface area contributed by atoms with E-state index in [0.29, 0.717) is 33.0 Å². The van der Waals surface area contributed by atoms with E-state index in [1.807, 2.05) is 7.05 Å². The number of carbonyl (C=O) groups is 1. The van der Waals surface area contributed by atoms with Crippen molar-refractivity contribution in [1.29, 1.82) is 0 Å². The number of aliphatic hydroxyl groups is 1. The molecule has 0 saturated heterocycles. The Kier molecular flexibility index (Phi) is 6.80. The summed E-state index contributed by atoms with van der Waals surface area (Å²) >= 11 is 0. The molecule has 1 aliphatic rings. The van der Waals surface area contributed by atoms with Crippen LogP contribution in [0.1, 0.15) is 0 Å². The largest absolute Gasteiger partial charge is 0.378 e. The lowest BCUT2D eigenvalue weighted by molar-refractivity contribution is -0.131. The fourth-order valence-corrected chi connectivity index (χ4v) is 1.40. The standard InChI is InChI=1S/C11H20N2O4/c1-12-4-6-16-8-9-17-7-5-13-10(14)2-3-11(13)15/h2-3,10,12,14H,4-9H2,1H3. The van der Waals surface area contributed by atoms with Gasteiger partial charge < -0.3 is 24.8 Å². The van der Waals surface area contributed by atoms with Gasteiger partial charge in [-0.15, -0.1) is 0 Å². The lowest BCUT2D eigenvalue weighted by Crippen LogP contribution is -2.36. The van der Waals surface area contributed by atoms with Crippen LogP contribution in [0.25, 0.3) is 0 Å². The van der Waals surface area contributed by atoms with Gasteiger partial charge in [0, 0.05) is 19.2 Å². The Labute approximate surface area is 101 Å². The molecule has 1 aliphatic heterocycles. The van der Waals surface area contributed by atoms with Crippen LogP contribution in [0.15, 0.2) is 12.2 Å². The Bertz CT molecular complexity index is 258. The van der Waals surface area contributed by atoms with Gasteiger partial charge in [0.1, 0.15) is 6.23 Å². The predicted molar refractivity (Wildman–Crippen MR) is 62.4 cm³/mol. The quantitative estimate of drug-likeness (QED) is 0.507. The van der Waals surface area contributed by atoms with Crippen molar-refractivity contribution < 1.29 is 19.4 Å². The fraction of sp³-hybridized carbons (Fsp3) is 0.727. The highest BCUT2D eigenvalue weighted by Gasteiger charge is 2.22. The molecule has 0 aliphatic carbocycles. The first-order valence-corrected chi connectivity index (χ1v) is 5.72. The zero-order chi connectivity index (χ0) is 12.5. The van der Waals surface area contributed by atoms with Gasteiger partial charge in [-0.05, 0) is 13.1 Å². The van der Waals surface area contributed by atoms with Gasteiger partial charge in [-0.3, -0.25) is 4.79 Å². The number of nitrogens with zero attached hydrogens (tertiary/aromatic N) is 1. The van der Waals surface area contributed by atoms with Crippen molar-refractivity contribution in [3.63, 3.8) is 0 Å². The highest BCUT2D eigenvalue weighted by Crippen LogP contribution is 2.07. The third-order valence-corrected chi connectivity index (χ3v) is 2.36. The molecule has 6 nitrogen and oxygen atoms in total. The van der Waals surface area contributed by atoms with Gasteiger partial charge >= 0.3 is 0 Å². The predicted octanol–water partition coefficient (Wildman–Crippen LogP) is -1.04. The molecule has 17 heavy (non-hydrogen) atoms. The summed E-state index contributed by atoms with van der Waals surface area (Å²) in [4.78, 5) is 12.6. The smallest absolute Gasteiger partial charge is 0.248 e. The van der Waals surface area contributed by atoms with Crippen molar-refractivity contribution >= 4 is 5.91 Å². The summed E-state index contributed by atoms with van der Waals surface area (Å²) in [5.74, 6) is -0.175. The molecule has 0 aromatic rings. The summed E-state index contributed by atoms with van der Waals surface area (Å²) in [7, 11) is 1.87. The van der Waals surface area contributed by atoms with Crippen LogP contribution in [0, 0.1) is 0 Å². The van der Waals surface area contributed by atoms with Gasteiger partial charge in [0.05, 0.1) is 26.4 Å². The molecule has 0 fully saturated rings. The molecule has 0 aromatic heterocycles. The van der Waals surface area contributed by atoms with Crippen molar-refractivity contribution in [2.45, 2.75) is 6.23 Å². The van der Waals surface area contributed by atoms with Gasteiger partial charge in [0.2, 0.25) is 5.91 Å². The number of rotatable bonds is 9. The molecule has 0 saturated carbocycles. The van der Waals surface area contributed by atoms with Crippen LogP contribution in [0.3, 0.4) is 0 Å². The number of nitrogens with one attached hydrogen (secondary N) is 1. The Morgan fingerprint density at radius 3 is 2.65 bits per heavy atom. The molecular weight excluding hydrogens is 224 g/mol. The van der Waals surface area contributed by atoms with Crippen LogP contribution in [0.4, 0.5) is 0 Å². The lowest BCUT2D eigenvalue weighted by atomic mass is 10.5. The lowest BCUT2D eigenvalue weighted by Gasteiger charge is -2.20. The van der Waals surface area contributed by atoms with Crippen LogP contribution in [-0.2, 0) is 14.3 Å². The molecule has 1 heterocycles. The van der Waals surface area contributed by atoms with E-state index in [9.17, 15) is 9.90 Å². The van der Waals surface area contributed by atoms with Gasteiger partial charge in [0.25, 0.3) is 0 Å². The molecule has 0 spiro atoms. The second-order valence-electron chi connectivity index (χ2n) is 3.63. The summed E-state index contributed by atoms with van der Waals surface area (Å²) in [6.45, 7) is 3.31. The first-order chi connectivity index (χ1) is 8.25. The average molecular weight is 244 g/mol. The number of hydrogen-bond donors (Lipinski definition) is 2. The minimum Gasteiger partial charge on any atom is -0.378 e. The molecule has 1 amide bonds. The van der Waals surface area contributed by atoms with E-state index in [1.165, 1.54) is 17.1 Å². The number of ether oxygens (including phenoxy) is 2. The second kappa shape index (κ2) is 8.19. The maximum Gasteiger partial charge on any atom is 0.248 e. The van der Waals surface area contributed by atoms with E-state index >= 15 is 0 Å². The monoisotopic (exact) mass is 244 g/mol. The summed E-state index contributed by atoms with van der Waals surface area (Å²) in [5.41, 5.74) is 0. The fourth-order valence-electron chi connectivity index (χ4n) is 1.40. The Balaban J connectivity index is 1.92. The molecule has 0 radical (unpaired) electrons. The molecular formula is C11H20N2O4. The average Bonchev–Trinajstić information content (AvgIpc) is 2.63. The molecule has 1 rings (SSSR count). The van der Waals surface area contributed by atoms with E-state index in [1.54, 1.807) is 0 Å². The van der Waals surface area contributed by atoms with E-state index in [-0.39, 0.29) is 5.91 Å². The zero-order valence-electron chi connectivity index (χ0n) is 10.1. The van der Waals surface area contributed by atoms with Crippen molar-refractivity contribution in [2.24, 2.45) is 0 Å². The number of hydrogen-bond acceptors (Lipinski definition) is 5. The molecule has 1 atom stereocenters. The minimum absolute atomic E-state index is 0.175. The highest BCUT2D eigenvalue weighted by molar-refractivity contribution is 5.90. The van der Waals surface area contributed by atoms with E-state index < -0.39 is 6.23 Å². The summed E-state index contributed by atoms with van der Waals surface area (Å²) < 4.78 is 10.6. The summed E-state index contributed by atoms with van der Waals surface area (Å²) in [6.07, 6.45) is 2.02. The Morgan fingerprint density at radius 2 is 2.06 bits per heavy atom. The van der Waals surface area contributed by atoms with E-state index in [4.69, 9.17) is 9.47 Å². The minimum atomic E-state index is -0.807. The number of likely N-dealkylation sites (N-methyl/N-ethyl adjacent to an activating group) is 1. The number of aliphatic hydroxyl groups excluding tert-OH is 1. The second-order valence-corrected chi connectivity index (χ2v) is 3.63. The van der Waals surface area contributed by atoms with Crippen LogP contribution < -0.4 is 5.32 Å². The van der Waals surface area contributed by atoms with Crippen LogP contribution in [0.2, 0.25) is 0 Å². The molecule has 1 unspecified atom stereocenters. The van der Waals surface area contributed by atoms with E-state index in [2.05, 4.69) is 5.32 Å². The van der Waals surface area contributed by atoms with Crippen LogP contribution in [0.5, 0.6) is 0 Å². The van der Waals surface area contributed by atoms with Crippen LogP contribution >= 0.6 is 0 Å². The molecule has 2 N–H and O–H groups in total. The SMILES string of the molecule is CNCCOCCOCCN1C(=O)C=CC1O. The maximum atomic E-state index is 11.2. The highest BCUT2D eigenvalue weighted by atomic mass is 16.5. The molecule has 6 heteroatoms. The van der Waals surface area contributed by atoms with Crippen molar-refractivity contribution in [3.05, 3.63) is 12.2 Å². The number of carbonyl (C=O) groups excluding carboxylic acids is 1. The first kappa shape index (κ1) is 14.1. The van der Waals surface area contributed by atoms with E-state index in [0.717, 1.165) is 6.54 Å². The first-order valence-electron chi connectivity index (χ1n) is 5.72. The van der Waals surface area contributed by atoms with Crippen molar-refractivity contribution in [3.8, 4) is 0 Å². The molecule has 0 bridgehead atoms. The third-order valence-electron chi connectivity index (χ3n) is 2.36. The van der Waals surface area contributed by atoms with Gasteiger partial charge in [-0.2, -0.15) is 0 Å². The zero-order valence-corrected chi connectivity index (χ0v) is 10.1. The molecule has 98 valence electrons. The van der Waals surface area contributed by atoms with Crippen LogP contribution in [-0.4, -0.2) is 68.7 Å². The van der Waals surface area contributed by atoms with Gasteiger partial charge in [-0.25, -0.2) is 0 Å². The van der Waals surface area contributed by atoms with Crippen molar-refractivity contribution in [2.75, 3.05) is 46.6 Å². The number of amides is 1. The van der Waals surface area contributed by atoms with Gasteiger partial charge in [0.15, 0.2) is 0 Å². The molecule has 0 aromatic carbocycles. The Morgan fingerprint density at radius 1 is 1.35 bits per heavy atom. The van der Waals surface area contributed by atoms with Crippen molar-refractivity contribution in [1.82, 2.24) is 10.2 Å². The third kappa shape index (κ3) is 5.27. The Hall–Kier alpha value is -0.950. The van der Waals surface area contributed by atoms with Gasteiger partial charge in [-0.1, -0.05) is 0 Å². The summed E-state index contributed by atoms with van der Waals surface area (Å²) in [5, 5.41) is 12.4. The summed E-state index contributed by atoms with van der Waals surface area (Å²) in [6, 6.07) is 0. The topological polar surface area (TPSA) is 71.0 Å².